The van der Waals surface area contributed by atoms with Crippen molar-refractivity contribution >= 4 is 42.3 Å². The third kappa shape index (κ3) is 7.03. The summed E-state index contributed by atoms with van der Waals surface area (Å²) < 4.78 is 51.6. The monoisotopic (exact) mass is 653 g/mol. The number of aromatic nitrogens is 4. The SMILES string of the molecule is C[Si](C)(C)CCOCn1nc(N2C[C@@H](F)C[C@@H]2c2cc(F)ccc2F)c2cc(NC(=O)c3ccc(N4CC[C@H](O)C4)nc3)cnc21. The predicted octanol–water partition coefficient (Wildman–Crippen LogP) is 5.53. The Bertz CT molecular complexity index is 1720. The second kappa shape index (κ2) is 13.0. The smallest absolute Gasteiger partial charge is 0.257 e. The van der Waals surface area contributed by atoms with Gasteiger partial charge >= 0.3 is 0 Å². The van der Waals surface area contributed by atoms with Crippen LogP contribution in [0.4, 0.5) is 30.5 Å². The normalized spacial score (nSPS) is 20.2. The number of benzene rings is 1. The lowest BCUT2D eigenvalue weighted by atomic mass is 10.0. The molecule has 3 atom stereocenters. The quantitative estimate of drug-likeness (QED) is 0.170. The number of β-amino-alcohol motifs (C(OH)–C–C–N with tert-alkyl or cyclic N) is 1. The highest BCUT2D eigenvalue weighted by atomic mass is 28.3. The largest absolute Gasteiger partial charge is 0.391 e. The van der Waals surface area contributed by atoms with Crippen LogP contribution in [0.3, 0.4) is 0 Å². The van der Waals surface area contributed by atoms with Gasteiger partial charge in [0, 0.05) is 46.0 Å². The summed E-state index contributed by atoms with van der Waals surface area (Å²) in [7, 11) is -1.34. The number of hydrogen-bond acceptors (Lipinski definition) is 8. The van der Waals surface area contributed by atoms with Crippen LogP contribution in [0, 0.1) is 11.6 Å². The number of carbonyl (C=O) groups is 1. The molecular formula is C32H38F3N7O3Si. The van der Waals surface area contributed by atoms with E-state index in [1.807, 2.05) is 4.90 Å². The van der Waals surface area contributed by atoms with E-state index >= 15 is 0 Å². The van der Waals surface area contributed by atoms with Crippen LogP contribution in [-0.2, 0) is 11.5 Å². The van der Waals surface area contributed by atoms with Crippen molar-refractivity contribution in [3.8, 4) is 0 Å². The van der Waals surface area contributed by atoms with Crippen molar-refractivity contribution in [2.45, 2.75) is 63.6 Å². The summed E-state index contributed by atoms with van der Waals surface area (Å²) in [5.41, 5.74) is 1.19. The number of aliphatic hydroxyl groups is 1. The van der Waals surface area contributed by atoms with Crippen LogP contribution < -0.4 is 15.1 Å². The van der Waals surface area contributed by atoms with Gasteiger partial charge in [0.2, 0.25) is 0 Å². The van der Waals surface area contributed by atoms with Gasteiger partial charge in [0.25, 0.3) is 5.91 Å². The minimum absolute atomic E-state index is 0.0370. The number of aliphatic hydroxyl groups excluding tert-OH is 1. The maximum Gasteiger partial charge on any atom is 0.257 e. The maximum absolute atomic E-state index is 15.0. The summed E-state index contributed by atoms with van der Waals surface area (Å²) >= 11 is 0. The zero-order valence-electron chi connectivity index (χ0n) is 26.1. The molecule has 5 heterocycles. The lowest BCUT2D eigenvalue weighted by molar-refractivity contribution is 0.0814. The lowest BCUT2D eigenvalue weighted by Gasteiger charge is -2.25. The number of rotatable bonds is 10. The molecule has 0 spiro atoms. The number of nitrogens with zero attached hydrogens (tertiary/aromatic N) is 6. The Balaban J connectivity index is 1.30. The van der Waals surface area contributed by atoms with E-state index in [-0.39, 0.29) is 25.3 Å². The Kier molecular flexibility index (Phi) is 9.03. The van der Waals surface area contributed by atoms with Gasteiger partial charge in [0.1, 0.15) is 30.4 Å². The molecule has 14 heteroatoms. The Hall–Kier alpha value is -4.01. The first-order valence-electron chi connectivity index (χ1n) is 15.5. The molecule has 2 fully saturated rings. The van der Waals surface area contributed by atoms with Gasteiger partial charge in [-0.1, -0.05) is 19.6 Å². The second-order valence-electron chi connectivity index (χ2n) is 13.2. The first kappa shape index (κ1) is 31.9. The molecule has 2 N–H and O–H groups in total. The average Bonchev–Trinajstić information content (AvgIpc) is 3.72. The number of amides is 1. The molecule has 2 aliphatic rings. The number of ether oxygens (including phenoxy) is 1. The highest BCUT2D eigenvalue weighted by Crippen LogP contribution is 2.41. The van der Waals surface area contributed by atoms with E-state index < -0.39 is 43.9 Å². The van der Waals surface area contributed by atoms with E-state index in [9.17, 15) is 23.1 Å². The Morgan fingerprint density at radius 2 is 1.93 bits per heavy atom. The Morgan fingerprint density at radius 3 is 2.65 bits per heavy atom. The van der Waals surface area contributed by atoms with Crippen molar-refractivity contribution in [1.82, 2.24) is 19.7 Å². The summed E-state index contributed by atoms with van der Waals surface area (Å²) in [5, 5.41) is 17.9. The highest BCUT2D eigenvalue weighted by molar-refractivity contribution is 6.76. The third-order valence-corrected chi connectivity index (χ3v) is 10.1. The number of anilines is 3. The van der Waals surface area contributed by atoms with Gasteiger partial charge in [-0.25, -0.2) is 27.8 Å². The Morgan fingerprint density at radius 1 is 1.11 bits per heavy atom. The minimum Gasteiger partial charge on any atom is -0.391 e. The van der Waals surface area contributed by atoms with E-state index in [0.29, 0.717) is 60.0 Å². The summed E-state index contributed by atoms with van der Waals surface area (Å²) in [4.78, 5) is 25.8. The number of halogens is 3. The van der Waals surface area contributed by atoms with Crippen LogP contribution in [0.5, 0.6) is 0 Å². The molecule has 6 rings (SSSR count). The van der Waals surface area contributed by atoms with Gasteiger partial charge < -0.3 is 25.0 Å². The van der Waals surface area contributed by atoms with Crippen LogP contribution in [0.15, 0.2) is 48.8 Å². The van der Waals surface area contributed by atoms with Crippen molar-refractivity contribution in [3.63, 3.8) is 0 Å². The third-order valence-electron chi connectivity index (χ3n) is 8.37. The van der Waals surface area contributed by atoms with Gasteiger partial charge in [-0.05, 0) is 48.9 Å². The summed E-state index contributed by atoms with van der Waals surface area (Å²) in [6.07, 6.45) is 1.93. The van der Waals surface area contributed by atoms with E-state index in [0.717, 1.165) is 24.2 Å². The number of pyridine rings is 2. The second-order valence-corrected chi connectivity index (χ2v) is 18.8. The van der Waals surface area contributed by atoms with Crippen LogP contribution in [0.2, 0.25) is 25.7 Å². The molecule has 46 heavy (non-hydrogen) atoms. The van der Waals surface area contributed by atoms with Crippen molar-refractivity contribution in [3.05, 3.63) is 71.6 Å². The summed E-state index contributed by atoms with van der Waals surface area (Å²) in [6, 6.07) is 8.43. The van der Waals surface area contributed by atoms with Crippen LogP contribution in [0.25, 0.3) is 11.0 Å². The molecule has 1 amide bonds. The highest BCUT2D eigenvalue weighted by Gasteiger charge is 2.38. The molecule has 1 aromatic carbocycles. The van der Waals surface area contributed by atoms with E-state index in [2.05, 4.69) is 34.9 Å². The number of alkyl halides is 1. The minimum atomic E-state index is -1.34. The van der Waals surface area contributed by atoms with E-state index in [1.165, 1.54) is 12.4 Å². The van der Waals surface area contributed by atoms with Gasteiger partial charge in [0.05, 0.1) is 41.5 Å². The fraction of sp³-hybridized carbons (Fsp3) is 0.438. The van der Waals surface area contributed by atoms with Gasteiger partial charge in [-0.3, -0.25) is 4.79 Å². The molecule has 2 aliphatic heterocycles. The number of fused-ring (bicyclic) bond motifs is 1. The molecular weight excluding hydrogens is 615 g/mol. The number of carbonyl (C=O) groups excluding carboxylic acids is 1. The summed E-state index contributed by atoms with van der Waals surface area (Å²) in [6.45, 7) is 8.51. The van der Waals surface area contributed by atoms with Crippen molar-refractivity contribution < 1.29 is 27.8 Å². The average molecular weight is 654 g/mol. The van der Waals surface area contributed by atoms with Crippen molar-refractivity contribution in [2.75, 3.05) is 41.4 Å². The van der Waals surface area contributed by atoms with Crippen molar-refractivity contribution in [1.29, 1.82) is 0 Å². The van der Waals surface area contributed by atoms with Crippen LogP contribution in [0.1, 0.15) is 34.8 Å². The molecule has 4 aromatic rings. The first-order valence-corrected chi connectivity index (χ1v) is 19.2. The molecule has 0 aliphatic carbocycles. The zero-order chi connectivity index (χ0) is 32.6. The Labute approximate surface area is 266 Å². The fourth-order valence-electron chi connectivity index (χ4n) is 5.89. The van der Waals surface area contributed by atoms with E-state index in [1.54, 1.807) is 27.8 Å². The van der Waals surface area contributed by atoms with Gasteiger partial charge in [0.15, 0.2) is 11.5 Å². The lowest BCUT2D eigenvalue weighted by Crippen LogP contribution is -2.25. The maximum atomic E-state index is 15.0. The zero-order valence-corrected chi connectivity index (χ0v) is 27.1. The molecule has 244 valence electrons. The topological polar surface area (TPSA) is 109 Å². The molecule has 10 nitrogen and oxygen atoms in total. The van der Waals surface area contributed by atoms with Gasteiger partial charge in [-0.15, -0.1) is 0 Å². The molecule has 0 radical (unpaired) electrons. The predicted molar refractivity (Wildman–Crippen MR) is 173 cm³/mol. The van der Waals surface area contributed by atoms with Crippen LogP contribution in [-0.4, -0.2) is 77.4 Å². The molecule has 3 aromatic heterocycles. The molecule has 0 unspecified atom stereocenters. The molecule has 0 saturated carbocycles. The van der Waals surface area contributed by atoms with Gasteiger partial charge in [-0.2, -0.15) is 5.10 Å². The fourth-order valence-corrected chi connectivity index (χ4v) is 6.64. The van der Waals surface area contributed by atoms with Crippen molar-refractivity contribution in [2.24, 2.45) is 0 Å². The summed E-state index contributed by atoms with van der Waals surface area (Å²) in [5.74, 6) is -0.635. The standard InChI is InChI=1S/C32H38F3N7O3Si/c1-46(2,3)11-10-45-19-42-30-26(31(39-42)41-17-22(34)13-28(41)25-12-21(33)5-6-27(25)35)14-23(16-37-30)38-32(44)20-4-7-29(36-15-20)40-9-8-24(43)18-40/h4-7,12,14-16,22,24,28,43H,8-11,13,17-19H2,1-3H3,(H,38,44)/t22-,24-,28+/m0/s1. The molecule has 2 saturated heterocycles. The van der Waals surface area contributed by atoms with E-state index in [4.69, 9.17) is 9.84 Å². The number of nitrogens with one attached hydrogen (secondary N) is 1. The first-order chi connectivity index (χ1) is 21.9. The van der Waals surface area contributed by atoms with Crippen LogP contribution >= 0.6 is 0 Å². The number of hydrogen-bond donors (Lipinski definition) is 2. The molecule has 0 bridgehead atoms.